The number of sulfonamides is 2. The molecule has 0 aliphatic heterocycles. The largest absolute Gasteiger partial charge is 0.366 e. The molecule has 0 unspecified atom stereocenters. The van der Waals surface area contributed by atoms with Crippen molar-refractivity contribution in [1.29, 1.82) is 0 Å². The lowest BCUT2D eigenvalue weighted by Crippen LogP contribution is -2.30. The van der Waals surface area contributed by atoms with Crippen LogP contribution < -0.4 is 10.5 Å². The van der Waals surface area contributed by atoms with E-state index in [-0.39, 0.29) is 21.0 Å². The van der Waals surface area contributed by atoms with E-state index in [1.165, 1.54) is 40.7 Å². The summed E-state index contributed by atoms with van der Waals surface area (Å²) in [5.41, 5.74) is 5.32. The van der Waals surface area contributed by atoms with Crippen molar-refractivity contribution in [2.24, 2.45) is 5.73 Å². The van der Waals surface area contributed by atoms with Crippen LogP contribution in [0.4, 0.5) is 5.69 Å². The molecule has 0 aliphatic carbocycles. The Morgan fingerprint density at radius 1 is 0.926 bits per heavy atom. The van der Waals surface area contributed by atoms with Gasteiger partial charge in [-0.25, -0.2) is 16.8 Å². The Bertz CT molecular complexity index is 1030. The number of hydrogen-bond acceptors (Lipinski definition) is 5. The SMILES string of the molecule is CCN(CC)S(=O)(=O)c1ccc(S(=O)(=O)Nc2ccccc2C(N)=O)cc1. The number of rotatable bonds is 8. The van der Waals surface area contributed by atoms with Gasteiger partial charge >= 0.3 is 0 Å². The second-order valence-electron chi connectivity index (χ2n) is 5.58. The van der Waals surface area contributed by atoms with Crippen LogP contribution in [-0.2, 0) is 20.0 Å². The second kappa shape index (κ2) is 8.07. The van der Waals surface area contributed by atoms with Crippen LogP contribution in [0.1, 0.15) is 24.2 Å². The fourth-order valence-electron chi connectivity index (χ4n) is 2.49. The zero-order valence-electron chi connectivity index (χ0n) is 14.9. The molecule has 2 aromatic carbocycles. The predicted octanol–water partition coefficient (Wildman–Crippen LogP) is 1.62. The molecular weight excluding hydrogens is 390 g/mol. The number of nitrogens with one attached hydrogen (secondary N) is 1. The van der Waals surface area contributed by atoms with Gasteiger partial charge in [0.05, 0.1) is 21.0 Å². The van der Waals surface area contributed by atoms with Gasteiger partial charge in [0.25, 0.3) is 15.9 Å². The molecule has 0 saturated heterocycles. The van der Waals surface area contributed by atoms with Crippen molar-refractivity contribution < 1.29 is 21.6 Å². The van der Waals surface area contributed by atoms with Crippen molar-refractivity contribution in [1.82, 2.24) is 4.31 Å². The molecule has 1 amide bonds. The molecule has 0 spiro atoms. The van der Waals surface area contributed by atoms with Gasteiger partial charge in [-0.3, -0.25) is 9.52 Å². The summed E-state index contributed by atoms with van der Waals surface area (Å²) in [6.07, 6.45) is 0. The van der Waals surface area contributed by atoms with E-state index < -0.39 is 26.0 Å². The Hall–Kier alpha value is -2.43. The maximum Gasteiger partial charge on any atom is 0.261 e. The van der Waals surface area contributed by atoms with Crippen LogP contribution >= 0.6 is 0 Å². The van der Waals surface area contributed by atoms with Crippen molar-refractivity contribution in [3.05, 3.63) is 54.1 Å². The van der Waals surface area contributed by atoms with Gasteiger partial charge in [-0.05, 0) is 36.4 Å². The molecular formula is C17H21N3O5S2. The van der Waals surface area contributed by atoms with Crippen molar-refractivity contribution in [2.75, 3.05) is 17.8 Å². The second-order valence-corrected chi connectivity index (χ2v) is 9.20. The molecule has 2 rings (SSSR count). The monoisotopic (exact) mass is 411 g/mol. The minimum absolute atomic E-state index is 0.00249. The zero-order valence-corrected chi connectivity index (χ0v) is 16.5. The molecule has 3 N–H and O–H groups in total. The van der Waals surface area contributed by atoms with Gasteiger partial charge in [-0.1, -0.05) is 26.0 Å². The fourth-order valence-corrected chi connectivity index (χ4v) is 5.03. The third-order valence-electron chi connectivity index (χ3n) is 3.91. The van der Waals surface area contributed by atoms with Gasteiger partial charge in [0.15, 0.2) is 0 Å². The number of anilines is 1. The molecule has 0 fully saturated rings. The van der Waals surface area contributed by atoms with E-state index in [0.29, 0.717) is 13.1 Å². The molecule has 0 radical (unpaired) electrons. The average molecular weight is 412 g/mol. The average Bonchev–Trinajstić information content (AvgIpc) is 2.62. The first-order valence-corrected chi connectivity index (χ1v) is 11.1. The van der Waals surface area contributed by atoms with E-state index in [1.54, 1.807) is 26.0 Å². The third-order valence-corrected chi connectivity index (χ3v) is 7.36. The van der Waals surface area contributed by atoms with Crippen LogP contribution in [0.2, 0.25) is 0 Å². The molecule has 0 heterocycles. The Kier molecular flexibility index (Phi) is 6.24. The molecule has 0 saturated carbocycles. The van der Waals surface area contributed by atoms with Crippen LogP contribution in [0, 0.1) is 0 Å². The van der Waals surface area contributed by atoms with E-state index in [2.05, 4.69) is 4.72 Å². The molecule has 8 nitrogen and oxygen atoms in total. The highest BCUT2D eigenvalue weighted by Gasteiger charge is 2.23. The van der Waals surface area contributed by atoms with E-state index in [1.807, 2.05) is 0 Å². The minimum atomic E-state index is -4.03. The summed E-state index contributed by atoms with van der Waals surface area (Å²) in [4.78, 5) is 11.3. The number of amides is 1. The number of hydrogen-bond donors (Lipinski definition) is 2. The molecule has 0 bridgehead atoms. The number of nitrogens with zero attached hydrogens (tertiary/aromatic N) is 1. The number of primary amides is 1. The van der Waals surface area contributed by atoms with Crippen molar-refractivity contribution in [2.45, 2.75) is 23.6 Å². The predicted molar refractivity (Wildman–Crippen MR) is 102 cm³/mol. The topological polar surface area (TPSA) is 127 Å². The third kappa shape index (κ3) is 4.46. The van der Waals surface area contributed by atoms with Crippen LogP contribution in [0.5, 0.6) is 0 Å². The minimum Gasteiger partial charge on any atom is -0.366 e. The van der Waals surface area contributed by atoms with E-state index >= 15 is 0 Å². The standard InChI is InChI=1S/C17H21N3O5S2/c1-3-20(4-2)27(24,25)14-11-9-13(10-12-14)26(22,23)19-16-8-6-5-7-15(16)17(18)21/h5-12,19H,3-4H2,1-2H3,(H2,18,21). The summed E-state index contributed by atoms with van der Waals surface area (Å²) in [5.74, 6) is -0.769. The fraction of sp³-hybridized carbons (Fsp3) is 0.235. The summed E-state index contributed by atoms with van der Waals surface area (Å²) >= 11 is 0. The van der Waals surface area contributed by atoms with Crippen LogP contribution in [0.15, 0.2) is 58.3 Å². The first-order valence-electron chi connectivity index (χ1n) is 8.15. The molecule has 10 heteroatoms. The molecule has 27 heavy (non-hydrogen) atoms. The lowest BCUT2D eigenvalue weighted by atomic mass is 10.2. The van der Waals surface area contributed by atoms with Gasteiger partial charge in [-0.15, -0.1) is 0 Å². The van der Waals surface area contributed by atoms with Gasteiger partial charge in [0.2, 0.25) is 10.0 Å². The highest BCUT2D eigenvalue weighted by atomic mass is 32.2. The number of carbonyl (C=O) groups is 1. The molecule has 0 atom stereocenters. The molecule has 2 aromatic rings. The van der Waals surface area contributed by atoms with Crippen LogP contribution in [0.25, 0.3) is 0 Å². The smallest absolute Gasteiger partial charge is 0.261 e. The van der Waals surface area contributed by atoms with E-state index in [9.17, 15) is 21.6 Å². The Labute approximate surface area is 159 Å². The van der Waals surface area contributed by atoms with Crippen molar-refractivity contribution in [3.63, 3.8) is 0 Å². The van der Waals surface area contributed by atoms with Crippen LogP contribution in [0.3, 0.4) is 0 Å². The summed E-state index contributed by atoms with van der Waals surface area (Å²) in [7, 11) is -7.71. The molecule has 0 aromatic heterocycles. The first-order chi connectivity index (χ1) is 12.6. The molecule has 146 valence electrons. The number of carbonyl (C=O) groups excluding carboxylic acids is 1. The summed E-state index contributed by atoms with van der Waals surface area (Å²) < 4.78 is 53.6. The summed E-state index contributed by atoms with van der Waals surface area (Å²) in [6, 6.07) is 10.8. The summed E-state index contributed by atoms with van der Waals surface area (Å²) in [6.45, 7) is 4.06. The lowest BCUT2D eigenvalue weighted by Gasteiger charge is -2.18. The number of para-hydroxylation sites is 1. The zero-order chi connectivity index (χ0) is 20.2. The number of benzene rings is 2. The van der Waals surface area contributed by atoms with Crippen molar-refractivity contribution in [3.8, 4) is 0 Å². The highest BCUT2D eigenvalue weighted by Crippen LogP contribution is 2.22. The molecule has 0 aliphatic rings. The van der Waals surface area contributed by atoms with Gasteiger partial charge < -0.3 is 5.73 Å². The number of nitrogens with two attached hydrogens (primary N) is 1. The maximum absolute atomic E-state index is 12.6. The van der Waals surface area contributed by atoms with Gasteiger partial charge in [-0.2, -0.15) is 4.31 Å². The maximum atomic E-state index is 12.6. The highest BCUT2D eigenvalue weighted by molar-refractivity contribution is 7.92. The Morgan fingerprint density at radius 2 is 1.44 bits per heavy atom. The van der Waals surface area contributed by atoms with E-state index in [0.717, 1.165) is 0 Å². The van der Waals surface area contributed by atoms with Crippen LogP contribution in [-0.4, -0.2) is 40.1 Å². The Balaban J connectivity index is 2.35. The first kappa shape index (κ1) is 20.9. The van der Waals surface area contributed by atoms with Gasteiger partial charge in [0.1, 0.15) is 0 Å². The van der Waals surface area contributed by atoms with Gasteiger partial charge in [0, 0.05) is 13.1 Å². The quantitative estimate of drug-likeness (QED) is 0.682. The lowest BCUT2D eigenvalue weighted by molar-refractivity contribution is 0.100. The Morgan fingerprint density at radius 3 is 1.96 bits per heavy atom. The van der Waals surface area contributed by atoms with Crippen molar-refractivity contribution >= 4 is 31.6 Å². The summed E-state index contributed by atoms with van der Waals surface area (Å²) in [5, 5.41) is 0. The normalized spacial score (nSPS) is 12.1. The van der Waals surface area contributed by atoms with E-state index in [4.69, 9.17) is 5.73 Å².